The van der Waals surface area contributed by atoms with Crippen LogP contribution in [0.15, 0.2) is 42.5 Å². The summed E-state index contributed by atoms with van der Waals surface area (Å²) < 4.78 is 0. The fraction of sp³-hybridized carbons (Fsp3) is 0.364. The summed E-state index contributed by atoms with van der Waals surface area (Å²) in [6.07, 6.45) is 2.68. The Bertz CT molecular complexity index is 891. The first-order chi connectivity index (χ1) is 13.5. The van der Waals surface area contributed by atoms with E-state index < -0.39 is 0 Å². The van der Waals surface area contributed by atoms with E-state index in [0.29, 0.717) is 17.3 Å². The number of nitrogens with zero attached hydrogens (tertiary/aromatic N) is 2. The minimum Gasteiger partial charge on any atom is -0.372 e. The number of hydrogen-bond acceptors (Lipinski definition) is 3. The third-order valence-electron chi connectivity index (χ3n) is 5.59. The molecule has 1 atom stereocenters. The molecule has 2 heterocycles. The van der Waals surface area contributed by atoms with Crippen molar-refractivity contribution in [1.29, 1.82) is 0 Å². The molecule has 2 aromatic rings. The summed E-state index contributed by atoms with van der Waals surface area (Å²) in [6, 6.07) is 13.5. The van der Waals surface area contributed by atoms with Crippen LogP contribution in [0.4, 0.5) is 17.1 Å². The van der Waals surface area contributed by atoms with E-state index in [1.807, 2.05) is 25.1 Å². The zero-order valence-electron chi connectivity index (χ0n) is 16.0. The van der Waals surface area contributed by atoms with Gasteiger partial charge in [-0.15, -0.1) is 0 Å². The topological polar surface area (TPSA) is 52.7 Å². The second-order valence-corrected chi connectivity index (χ2v) is 8.00. The molecule has 2 aliphatic heterocycles. The van der Waals surface area contributed by atoms with Gasteiger partial charge in [-0.05, 0) is 61.7 Å². The summed E-state index contributed by atoms with van der Waals surface area (Å²) in [7, 11) is 0. The van der Waals surface area contributed by atoms with Gasteiger partial charge in [-0.2, -0.15) is 0 Å². The van der Waals surface area contributed by atoms with Crippen molar-refractivity contribution in [2.24, 2.45) is 5.92 Å². The first kappa shape index (κ1) is 18.8. The maximum atomic E-state index is 12.7. The molecule has 0 bridgehead atoms. The number of amides is 2. The molecule has 2 saturated heterocycles. The Morgan fingerprint density at radius 2 is 1.75 bits per heavy atom. The largest absolute Gasteiger partial charge is 0.372 e. The fourth-order valence-electron chi connectivity index (χ4n) is 3.92. The average Bonchev–Trinajstić information content (AvgIpc) is 3.35. The van der Waals surface area contributed by atoms with Crippen LogP contribution in [0.25, 0.3) is 0 Å². The third-order valence-corrected chi connectivity index (χ3v) is 5.82. The van der Waals surface area contributed by atoms with Crippen LogP contribution in [-0.2, 0) is 9.59 Å². The van der Waals surface area contributed by atoms with E-state index in [1.54, 1.807) is 17.0 Å². The molecule has 6 heteroatoms. The monoisotopic (exact) mass is 397 g/mol. The molecular weight excluding hydrogens is 374 g/mol. The Morgan fingerprint density at radius 3 is 2.46 bits per heavy atom. The van der Waals surface area contributed by atoms with Crippen LogP contribution in [0.3, 0.4) is 0 Å². The van der Waals surface area contributed by atoms with Gasteiger partial charge in [-0.1, -0.05) is 17.7 Å². The second-order valence-electron chi connectivity index (χ2n) is 7.56. The Balaban J connectivity index is 1.43. The number of carbonyl (C=O) groups is 2. The standard InChI is InChI=1S/C22H24ClN3O2/c1-15-4-5-17(23)13-20(15)24-22(28)16-12-21(27)26(14-16)19-8-6-18(7-9-19)25-10-2-3-11-25/h4-9,13,16H,2-3,10-12,14H2,1H3,(H,24,28). The summed E-state index contributed by atoms with van der Waals surface area (Å²) in [5.74, 6) is -0.532. The third kappa shape index (κ3) is 3.85. The molecule has 146 valence electrons. The predicted octanol–water partition coefficient (Wildman–Crippen LogP) is 4.24. The van der Waals surface area contributed by atoms with Gasteiger partial charge >= 0.3 is 0 Å². The zero-order chi connectivity index (χ0) is 19.7. The van der Waals surface area contributed by atoms with Crippen molar-refractivity contribution in [2.45, 2.75) is 26.2 Å². The van der Waals surface area contributed by atoms with Crippen LogP contribution < -0.4 is 15.1 Å². The molecule has 0 saturated carbocycles. The van der Waals surface area contributed by atoms with E-state index in [1.165, 1.54) is 18.5 Å². The summed E-state index contributed by atoms with van der Waals surface area (Å²) >= 11 is 6.03. The van der Waals surface area contributed by atoms with Gasteiger partial charge in [-0.25, -0.2) is 0 Å². The fourth-order valence-corrected chi connectivity index (χ4v) is 4.09. The molecule has 2 aliphatic rings. The Hall–Kier alpha value is -2.53. The Morgan fingerprint density at radius 1 is 1.07 bits per heavy atom. The molecule has 0 spiro atoms. The molecule has 0 aromatic heterocycles. The highest BCUT2D eigenvalue weighted by molar-refractivity contribution is 6.31. The van der Waals surface area contributed by atoms with E-state index >= 15 is 0 Å². The Labute approximate surface area is 170 Å². The van der Waals surface area contributed by atoms with Crippen molar-refractivity contribution in [3.05, 3.63) is 53.1 Å². The maximum absolute atomic E-state index is 12.7. The van der Waals surface area contributed by atoms with Crippen molar-refractivity contribution in [1.82, 2.24) is 0 Å². The van der Waals surface area contributed by atoms with Gasteiger partial charge in [0.25, 0.3) is 0 Å². The van der Waals surface area contributed by atoms with Gasteiger partial charge in [0.2, 0.25) is 11.8 Å². The van der Waals surface area contributed by atoms with Gasteiger partial charge in [0.1, 0.15) is 0 Å². The minimum absolute atomic E-state index is 0.0168. The first-order valence-electron chi connectivity index (χ1n) is 9.73. The lowest BCUT2D eigenvalue weighted by Gasteiger charge is -2.21. The lowest BCUT2D eigenvalue weighted by molar-refractivity contribution is -0.122. The highest BCUT2D eigenvalue weighted by atomic mass is 35.5. The summed E-state index contributed by atoms with van der Waals surface area (Å²) in [4.78, 5) is 29.3. The second kappa shape index (κ2) is 7.84. The number of carbonyl (C=O) groups excluding carboxylic acids is 2. The minimum atomic E-state index is -0.371. The lowest BCUT2D eigenvalue weighted by Crippen LogP contribution is -2.28. The van der Waals surface area contributed by atoms with Crippen molar-refractivity contribution in [2.75, 3.05) is 34.8 Å². The van der Waals surface area contributed by atoms with E-state index in [9.17, 15) is 9.59 Å². The number of nitrogens with one attached hydrogen (secondary N) is 1. The lowest BCUT2D eigenvalue weighted by atomic mass is 10.1. The van der Waals surface area contributed by atoms with E-state index in [2.05, 4.69) is 22.3 Å². The average molecular weight is 398 g/mol. The van der Waals surface area contributed by atoms with Crippen molar-refractivity contribution in [3.63, 3.8) is 0 Å². The molecule has 1 unspecified atom stereocenters. The van der Waals surface area contributed by atoms with Crippen LogP contribution in [0.1, 0.15) is 24.8 Å². The number of aryl methyl sites for hydroxylation is 1. The molecule has 28 heavy (non-hydrogen) atoms. The number of anilines is 3. The SMILES string of the molecule is Cc1ccc(Cl)cc1NC(=O)C1CC(=O)N(c2ccc(N3CCCC3)cc2)C1. The van der Waals surface area contributed by atoms with E-state index in [4.69, 9.17) is 11.6 Å². The van der Waals surface area contributed by atoms with Gasteiger partial charge < -0.3 is 15.1 Å². The van der Waals surface area contributed by atoms with E-state index in [0.717, 1.165) is 24.3 Å². The number of rotatable bonds is 4. The zero-order valence-corrected chi connectivity index (χ0v) is 16.7. The van der Waals surface area contributed by atoms with Crippen LogP contribution in [0.5, 0.6) is 0 Å². The smallest absolute Gasteiger partial charge is 0.229 e. The first-order valence-corrected chi connectivity index (χ1v) is 10.1. The molecular formula is C22H24ClN3O2. The van der Waals surface area contributed by atoms with Crippen molar-refractivity contribution < 1.29 is 9.59 Å². The molecule has 5 nitrogen and oxygen atoms in total. The van der Waals surface area contributed by atoms with Gasteiger partial charge in [-0.3, -0.25) is 9.59 Å². The molecule has 2 amide bonds. The van der Waals surface area contributed by atoms with Gasteiger partial charge in [0.05, 0.1) is 5.92 Å². The molecule has 1 N–H and O–H groups in total. The van der Waals surface area contributed by atoms with Crippen LogP contribution in [0, 0.1) is 12.8 Å². The number of benzene rings is 2. The van der Waals surface area contributed by atoms with Crippen LogP contribution in [-0.4, -0.2) is 31.4 Å². The van der Waals surface area contributed by atoms with Crippen molar-refractivity contribution in [3.8, 4) is 0 Å². The summed E-state index contributed by atoms with van der Waals surface area (Å²) in [5, 5.41) is 3.50. The number of hydrogen-bond donors (Lipinski definition) is 1. The maximum Gasteiger partial charge on any atom is 0.229 e. The summed E-state index contributed by atoms with van der Waals surface area (Å²) in [6.45, 7) is 4.49. The highest BCUT2D eigenvalue weighted by Gasteiger charge is 2.35. The Kier molecular flexibility index (Phi) is 5.27. The van der Waals surface area contributed by atoms with Crippen LogP contribution >= 0.6 is 11.6 Å². The van der Waals surface area contributed by atoms with E-state index in [-0.39, 0.29) is 24.2 Å². The molecule has 0 aliphatic carbocycles. The molecule has 2 aromatic carbocycles. The molecule has 0 radical (unpaired) electrons. The predicted molar refractivity (Wildman–Crippen MR) is 113 cm³/mol. The normalized spacial score (nSPS) is 19.4. The quantitative estimate of drug-likeness (QED) is 0.839. The molecule has 2 fully saturated rings. The summed E-state index contributed by atoms with van der Waals surface area (Å²) in [5.41, 5.74) is 3.68. The van der Waals surface area contributed by atoms with Gasteiger partial charge in [0, 0.05) is 48.1 Å². The van der Waals surface area contributed by atoms with Crippen molar-refractivity contribution >= 4 is 40.5 Å². The number of halogens is 1. The van der Waals surface area contributed by atoms with Crippen LogP contribution in [0.2, 0.25) is 5.02 Å². The van der Waals surface area contributed by atoms with Gasteiger partial charge in [0.15, 0.2) is 0 Å². The highest BCUT2D eigenvalue weighted by Crippen LogP contribution is 2.29. The molecule has 4 rings (SSSR count).